The fraction of sp³-hybridized carbons (Fsp3) is 0.757. The van der Waals surface area contributed by atoms with Gasteiger partial charge in [-0.25, -0.2) is 4.79 Å². The summed E-state index contributed by atoms with van der Waals surface area (Å²) in [5, 5.41) is 34.5. The molecule has 4 fully saturated rings. The Morgan fingerprint density at radius 1 is 0.881 bits per heavy atom. The molecule has 0 bridgehead atoms. The Balaban J connectivity index is 1.42. The van der Waals surface area contributed by atoms with E-state index in [1.54, 1.807) is 12.1 Å². The van der Waals surface area contributed by atoms with Gasteiger partial charge in [0.25, 0.3) is 0 Å². The Bertz CT molecular complexity index is 1250. The molecule has 6 rings (SSSR count). The first-order chi connectivity index (χ1) is 19.6. The maximum atomic E-state index is 13.4. The van der Waals surface area contributed by atoms with Crippen molar-refractivity contribution in [3.63, 3.8) is 0 Å². The number of benzene rings is 1. The third-order valence-corrected chi connectivity index (χ3v) is 14.4. The molecule has 0 amide bonds. The summed E-state index contributed by atoms with van der Waals surface area (Å²) in [6.07, 6.45) is 7.94. The summed E-state index contributed by atoms with van der Waals surface area (Å²) in [5.41, 5.74) is 0.610. The summed E-state index contributed by atoms with van der Waals surface area (Å²) in [6.45, 7) is 16.2. The summed E-state index contributed by atoms with van der Waals surface area (Å²) < 4.78 is 6.30. The average molecular weight is 579 g/mol. The standard InChI is InChI=1S/C37H54O5/c1-32(2)19-25-24-13-14-27-34(5)17-16-28(39)33(3,4)26(34)15-18-35(27,6)36(24,7)20-29(40)37(25,22-38)30(21-32)42-31(41)23-11-9-8-10-12-23/h8-13,25-30,38-40H,14-22H2,1-7H3/t25-,26?,27-,28+,29+,30-,34+,35-,36-,37+/m1/s1. The zero-order valence-corrected chi connectivity index (χ0v) is 27.0. The molecule has 3 N–H and O–H groups in total. The van der Waals surface area contributed by atoms with Gasteiger partial charge >= 0.3 is 5.97 Å². The van der Waals surface area contributed by atoms with Crippen LogP contribution < -0.4 is 0 Å². The molecule has 0 aromatic heterocycles. The van der Waals surface area contributed by atoms with Gasteiger partial charge < -0.3 is 20.1 Å². The summed E-state index contributed by atoms with van der Waals surface area (Å²) in [7, 11) is 0. The second kappa shape index (κ2) is 9.65. The molecule has 10 atom stereocenters. The van der Waals surface area contributed by atoms with Gasteiger partial charge in [0.05, 0.1) is 29.8 Å². The molecule has 1 aromatic rings. The molecular formula is C37H54O5. The number of fused-ring (bicyclic) bond motifs is 7. The number of hydrogen-bond acceptors (Lipinski definition) is 5. The van der Waals surface area contributed by atoms with Gasteiger partial charge in [0.2, 0.25) is 0 Å². The van der Waals surface area contributed by atoms with Gasteiger partial charge in [-0.2, -0.15) is 0 Å². The topological polar surface area (TPSA) is 87.0 Å². The van der Waals surface area contributed by atoms with Crippen molar-refractivity contribution in [3.05, 3.63) is 47.5 Å². The van der Waals surface area contributed by atoms with Gasteiger partial charge in [-0.3, -0.25) is 0 Å². The minimum atomic E-state index is -0.924. The van der Waals surface area contributed by atoms with Crippen molar-refractivity contribution in [2.24, 2.45) is 50.2 Å². The molecule has 5 aliphatic carbocycles. The van der Waals surface area contributed by atoms with Gasteiger partial charge in [0, 0.05) is 0 Å². The lowest BCUT2D eigenvalue weighted by atomic mass is 9.33. The normalized spacial score (nSPS) is 47.1. The van der Waals surface area contributed by atoms with Gasteiger partial charge in [-0.1, -0.05) is 78.3 Å². The third kappa shape index (κ3) is 3.94. The molecule has 5 nitrogen and oxygen atoms in total. The Labute approximate surface area is 253 Å². The minimum Gasteiger partial charge on any atom is -0.458 e. The number of aliphatic hydroxyl groups excluding tert-OH is 3. The molecule has 42 heavy (non-hydrogen) atoms. The highest BCUT2D eigenvalue weighted by atomic mass is 16.5. The van der Waals surface area contributed by atoms with Crippen LogP contribution in [0.25, 0.3) is 0 Å². The number of carbonyl (C=O) groups excluding carboxylic acids is 1. The van der Waals surface area contributed by atoms with Crippen LogP contribution >= 0.6 is 0 Å². The first-order valence-corrected chi connectivity index (χ1v) is 16.5. The van der Waals surface area contributed by atoms with E-state index in [0.717, 1.165) is 38.5 Å². The molecule has 5 heteroatoms. The molecule has 1 unspecified atom stereocenters. The van der Waals surface area contributed by atoms with Crippen LogP contribution in [0.3, 0.4) is 0 Å². The highest BCUT2D eigenvalue weighted by Gasteiger charge is 2.71. The van der Waals surface area contributed by atoms with Crippen molar-refractivity contribution in [1.82, 2.24) is 0 Å². The average Bonchev–Trinajstić information content (AvgIpc) is 2.91. The lowest BCUT2D eigenvalue weighted by Crippen LogP contribution is -2.69. The highest BCUT2D eigenvalue weighted by molar-refractivity contribution is 5.89. The van der Waals surface area contributed by atoms with E-state index in [-0.39, 0.29) is 51.7 Å². The number of esters is 1. The molecule has 5 aliphatic rings. The fourth-order valence-corrected chi connectivity index (χ4v) is 11.8. The fourth-order valence-electron chi connectivity index (χ4n) is 11.8. The Morgan fingerprint density at radius 2 is 1.57 bits per heavy atom. The van der Waals surface area contributed by atoms with Crippen molar-refractivity contribution in [1.29, 1.82) is 0 Å². The van der Waals surface area contributed by atoms with Crippen LogP contribution in [0.5, 0.6) is 0 Å². The molecule has 0 saturated heterocycles. The van der Waals surface area contributed by atoms with Crippen LogP contribution in [0, 0.1) is 50.2 Å². The van der Waals surface area contributed by atoms with E-state index in [4.69, 9.17) is 4.74 Å². The molecule has 0 radical (unpaired) electrons. The van der Waals surface area contributed by atoms with E-state index in [2.05, 4.69) is 54.5 Å². The smallest absolute Gasteiger partial charge is 0.338 e. The van der Waals surface area contributed by atoms with Crippen LogP contribution in [0.4, 0.5) is 0 Å². The maximum absolute atomic E-state index is 13.4. The van der Waals surface area contributed by atoms with E-state index in [0.29, 0.717) is 30.2 Å². The number of hydrogen-bond donors (Lipinski definition) is 3. The molecule has 0 spiro atoms. The zero-order chi connectivity index (χ0) is 30.5. The number of carbonyl (C=O) groups is 1. The summed E-state index contributed by atoms with van der Waals surface area (Å²) >= 11 is 0. The quantitative estimate of drug-likeness (QED) is 0.267. The SMILES string of the molecule is CC1(C)C[C@@H]2C3=CC[C@@H]4[C@@]5(C)CC[C@H](O)C(C)(C)C5CC[C@@]4(C)[C@]3(C)C[C@H](O)[C@@]2(CO)[C@H](OC(=O)c2ccccc2)C1. The van der Waals surface area contributed by atoms with Crippen LogP contribution in [-0.2, 0) is 4.74 Å². The highest BCUT2D eigenvalue weighted by Crippen LogP contribution is 2.75. The van der Waals surface area contributed by atoms with Crippen molar-refractivity contribution in [2.45, 2.75) is 118 Å². The molecular weight excluding hydrogens is 524 g/mol. The molecule has 1 aromatic carbocycles. The first-order valence-electron chi connectivity index (χ1n) is 16.5. The predicted octanol–water partition coefficient (Wildman–Crippen LogP) is 6.95. The maximum Gasteiger partial charge on any atom is 0.338 e. The predicted molar refractivity (Wildman–Crippen MR) is 165 cm³/mol. The monoisotopic (exact) mass is 578 g/mol. The minimum absolute atomic E-state index is 0.0128. The van der Waals surface area contributed by atoms with Gasteiger partial charge in [0.1, 0.15) is 6.10 Å². The third-order valence-electron chi connectivity index (χ3n) is 14.4. The zero-order valence-electron chi connectivity index (χ0n) is 27.0. The largest absolute Gasteiger partial charge is 0.458 e. The van der Waals surface area contributed by atoms with Crippen LogP contribution in [0.2, 0.25) is 0 Å². The summed E-state index contributed by atoms with van der Waals surface area (Å²) in [5.74, 6) is 0.470. The Morgan fingerprint density at radius 3 is 2.24 bits per heavy atom. The van der Waals surface area contributed by atoms with Crippen LogP contribution in [0.1, 0.15) is 110 Å². The second-order valence-electron chi connectivity index (χ2n) is 17.0. The van der Waals surface area contributed by atoms with Gasteiger partial charge in [-0.15, -0.1) is 0 Å². The Hall–Kier alpha value is -1.69. The van der Waals surface area contributed by atoms with Crippen molar-refractivity contribution >= 4 is 5.97 Å². The molecule has 232 valence electrons. The van der Waals surface area contributed by atoms with Gasteiger partial charge in [-0.05, 0) is 108 Å². The van der Waals surface area contributed by atoms with E-state index in [1.807, 2.05) is 18.2 Å². The molecule has 0 aliphatic heterocycles. The van der Waals surface area contributed by atoms with Crippen molar-refractivity contribution < 1.29 is 24.9 Å². The number of ether oxygens (including phenoxy) is 1. The first kappa shape index (κ1) is 30.3. The van der Waals surface area contributed by atoms with E-state index in [9.17, 15) is 20.1 Å². The van der Waals surface area contributed by atoms with Crippen molar-refractivity contribution in [2.75, 3.05) is 6.61 Å². The summed E-state index contributed by atoms with van der Waals surface area (Å²) in [4.78, 5) is 13.4. The van der Waals surface area contributed by atoms with Crippen molar-refractivity contribution in [3.8, 4) is 0 Å². The van der Waals surface area contributed by atoms with E-state index >= 15 is 0 Å². The van der Waals surface area contributed by atoms with Crippen LogP contribution in [-0.4, -0.2) is 46.2 Å². The number of rotatable bonds is 3. The van der Waals surface area contributed by atoms with E-state index < -0.39 is 17.6 Å². The van der Waals surface area contributed by atoms with Gasteiger partial charge in [0.15, 0.2) is 0 Å². The number of aliphatic hydroxyl groups is 3. The number of allylic oxidation sites excluding steroid dienone is 2. The van der Waals surface area contributed by atoms with E-state index in [1.165, 1.54) is 5.57 Å². The molecule has 4 saturated carbocycles. The lowest BCUT2D eigenvalue weighted by molar-refractivity contribution is -0.235. The van der Waals surface area contributed by atoms with Crippen LogP contribution in [0.15, 0.2) is 42.0 Å². The second-order valence-corrected chi connectivity index (χ2v) is 17.0. The Kier molecular flexibility index (Phi) is 6.97. The molecule has 0 heterocycles. The summed E-state index contributed by atoms with van der Waals surface area (Å²) in [6, 6.07) is 9.08. The lowest BCUT2D eigenvalue weighted by Gasteiger charge is -2.72.